The first-order valence-corrected chi connectivity index (χ1v) is 12.1. The highest BCUT2D eigenvalue weighted by atomic mass is 35.5. The smallest absolute Gasteiger partial charge is 0.408 e. The van der Waals surface area contributed by atoms with Crippen LogP contribution in [0.2, 0.25) is 10.0 Å². The Bertz CT molecular complexity index is 1210. The summed E-state index contributed by atoms with van der Waals surface area (Å²) in [5.74, 6) is -0.929. The summed E-state index contributed by atoms with van der Waals surface area (Å²) in [6.45, 7) is 3.60. The lowest BCUT2D eigenvalue weighted by Crippen LogP contribution is -2.49. The predicted octanol–water partition coefficient (Wildman–Crippen LogP) is 6.86. The van der Waals surface area contributed by atoms with Gasteiger partial charge in [-0.25, -0.2) is 4.79 Å². The Hall–Kier alpha value is -2.85. The third-order valence-electron chi connectivity index (χ3n) is 6.05. The number of alkyl carbamates (subject to hydrolysis) is 1. The molecule has 200 valence electrons. The summed E-state index contributed by atoms with van der Waals surface area (Å²) < 4.78 is 48.7. The number of carbonyl (C=O) groups excluding carboxylic acids is 2. The van der Waals surface area contributed by atoms with Crippen molar-refractivity contribution in [2.75, 3.05) is 6.54 Å². The average molecular weight is 561 g/mol. The molecule has 1 aliphatic rings. The molecule has 2 unspecified atom stereocenters. The molecule has 2 aromatic rings. The lowest BCUT2D eigenvalue weighted by molar-refractivity contribution is -0.501. The van der Waals surface area contributed by atoms with E-state index in [0.29, 0.717) is 18.4 Å². The van der Waals surface area contributed by atoms with Gasteiger partial charge < -0.3 is 10.1 Å². The van der Waals surface area contributed by atoms with E-state index in [2.05, 4.69) is 5.32 Å². The lowest BCUT2D eigenvalue weighted by Gasteiger charge is -2.32. The minimum absolute atomic E-state index is 0.0261. The van der Waals surface area contributed by atoms with E-state index in [1.54, 1.807) is 26.8 Å². The summed E-state index contributed by atoms with van der Waals surface area (Å²) >= 11 is 11.8. The molecule has 1 aliphatic carbocycles. The van der Waals surface area contributed by atoms with Crippen LogP contribution in [-0.4, -0.2) is 35.1 Å². The van der Waals surface area contributed by atoms with Gasteiger partial charge >= 0.3 is 12.3 Å². The van der Waals surface area contributed by atoms with Crippen LogP contribution in [0, 0.1) is 10.1 Å². The fourth-order valence-electron chi connectivity index (χ4n) is 4.42. The number of carbonyl (C=O) groups is 2. The first-order valence-electron chi connectivity index (χ1n) is 11.3. The standard InChI is InChI=1S/C25H25Cl2F3N2O5/c1-23(2,3)37-22(34)31-20-7-5-14-8-15(4-6-19(14)20)21(33)12-24(13-32(35)36,25(28,29)30)16-9-17(26)11-18(27)10-16/h4,6,8-11,20H,5,7,12-13H2,1-3H3,(H,31,34). The molecular weight excluding hydrogens is 536 g/mol. The second-order valence-corrected chi connectivity index (χ2v) is 10.9. The summed E-state index contributed by atoms with van der Waals surface area (Å²) in [4.78, 5) is 35.6. The highest BCUT2D eigenvalue weighted by molar-refractivity contribution is 6.34. The van der Waals surface area contributed by atoms with Crippen molar-refractivity contribution in [2.45, 2.75) is 63.3 Å². The molecule has 0 aliphatic heterocycles. The monoisotopic (exact) mass is 560 g/mol. The first kappa shape index (κ1) is 28.7. The van der Waals surface area contributed by atoms with Crippen molar-refractivity contribution >= 4 is 35.1 Å². The van der Waals surface area contributed by atoms with Gasteiger partial charge in [-0.05, 0) is 74.6 Å². The van der Waals surface area contributed by atoms with Crippen LogP contribution in [0.15, 0.2) is 36.4 Å². The zero-order chi connectivity index (χ0) is 27.8. The number of ether oxygens (including phenoxy) is 1. The maximum absolute atomic E-state index is 14.5. The minimum atomic E-state index is -5.16. The molecule has 0 saturated carbocycles. The van der Waals surface area contributed by atoms with Gasteiger partial charge in [-0.15, -0.1) is 0 Å². The summed E-state index contributed by atoms with van der Waals surface area (Å²) in [6, 6.07) is 7.08. The maximum Gasteiger partial charge on any atom is 0.408 e. The zero-order valence-corrected chi connectivity index (χ0v) is 21.8. The second-order valence-electron chi connectivity index (χ2n) is 9.98. The Morgan fingerprint density at radius 2 is 1.73 bits per heavy atom. The number of nitrogens with zero attached hydrogens (tertiary/aromatic N) is 1. The van der Waals surface area contributed by atoms with Gasteiger partial charge in [0.05, 0.1) is 6.04 Å². The average Bonchev–Trinajstić information content (AvgIpc) is 3.11. The number of amides is 1. The molecule has 0 aromatic heterocycles. The SMILES string of the molecule is CC(C)(C)OC(=O)NC1CCc2cc(C(=O)CC(C[N+](=O)[O-])(c3cc(Cl)cc(Cl)c3)C(F)(F)F)ccc21. The van der Waals surface area contributed by atoms with Gasteiger partial charge in [-0.3, -0.25) is 14.9 Å². The molecule has 7 nitrogen and oxygen atoms in total. The summed E-state index contributed by atoms with van der Waals surface area (Å²) in [5, 5.41) is 13.8. The largest absolute Gasteiger partial charge is 0.444 e. The van der Waals surface area contributed by atoms with Crippen LogP contribution in [0.25, 0.3) is 0 Å². The number of ketones is 1. The van der Waals surface area contributed by atoms with E-state index >= 15 is 0 Å². The molecular formula is C25H25Cl2F3N2O5. The van der Waals surface area contributed by atoms with Crippen molar-refractivity contribution in [3.05, 3.63) is 78.8 Å². The normalized spacial score (nSPS) is 17.0. The third kappa shape index (κ3) is 6.73. The lowest BCUT2D eigenvalue weighted by atomic mass is 9.74. The van der Waals surface area contributed by atoms with Crippen LogP contribution in [-0.2, 0) is 16.6 Å². The number of Topliss-reactive ketones (excluding diaryl/α,β-unsaturated/α-hetero) is 1. The van der Waals surface area contributed by atoms with E-state index in [1.807, 2.05) is 0 Å². The van der Waals surface area contributed by atoms with Crippen molar-refractivity contribution in [3.63, 3.8) is 0 Å². The number of hydrogen-bond donors (Lipinski definition) is 1. The topological polar surface area (TPSA) is 98.5 Å². The van der Waals surface area contributed by atoms with Gasteiger partial charge in [0, 0.05) is 27.0 Å². The van der Waals surface area contributed by atoms with Gasteiger partial charge in [0.1, 0.15) is 5.60 Å². The highest BCUT2D eigenvalue weighted by Gasteiger charge is 2.60. The summed E-state index contributed by atoms with van der Waals surface area (Å²) in [7, 11) is 0. The molecule has 1 amide bonds. The van der Waals surface area contributed by atoms with Gasteiger partial charge in [-0.1, -0.05) is 35.3 Å². The zero-order valence-electron chi connectivity index (χ0n) is 20.2. The number of aryl methyl sites for hydroxylation is 1. The van der Waals surface area contributed by atoms with Gasteiger partial charge in [0.2, 0.25) is 6.54 Å². The van der Waals surface area contributed by atoms with Crippen molar-refractivity contribution in [3.8, 4) is 0 Å². The summed E-state index contributed by atoms with van der Waals surface area (Å²) in [6.07, 6.45) is -6.00. The molecule has 2 aromatic carbocycles. The number of nitrogens with one attached hydrogen (secondary N) is 1. The van der Waals surface area contributed by atoms with Crippen molar-refractivity contribution in [1.82, 2.24) is 5.32 Å². The molecule has 0 bridgehead atoms. The molecule has 12 heteroatoms. The van der Waals surface area contributed by atoms with E-state index < -0.39 is 52.5 Å². The molecule has 0 fully saturated rings. The molecule has 0 saturated heterocycles. The van der Waals surface area contributed by atoms with Crippen molar-refractivity contribution in [1.29, 1.82) is 0 Å². The van der Waals surface area contributed by atoms with E-state index in [0.717, 1.165) is 17.7 Å². The van der Waals surface area contributed by atoms with E-state index in [-0.39, 0.29) is 21.7 Å². The molecule has 1 N–H and O–H groups in total. The van der Waals surface area contributed by atoms with Crippen LogP contribution < -0.4 is 5.32 Å². The van der Waals surface area contributed by atoms with Crippen LogP contribution in [0.3, 0.4) is 0 Å². The number of benzene rings is 2. The van der Waals surface area contributed by atoms with Crippen molar-refractivity contribution in [2.24, 2.45) is 0 Å². The van der Waals surface area contributed by atoms with E-state index in [9.17, 15) is 32.9 Å². The fraction of sp³-hybridized carbons (Fsp3) is 0.440. The first-order chi connectivity index (χ1) is 17.0. The fourth-order valence-corrected chi connectivity index (χ4v) is 4.95. The molecule has 2 atom stereocenters. The minimum Gasteiger partial charge on any atom is -0.444 e. The second kappa shape index (κ2) is 10.5. The number of rotatable bonds is 7. The van der Waals surface area contributed by atoms with Crippen molar-refractivity contribution < 1.29 is 32.4 Å². The molecule has 0 heterocycles. The number of halogens is 5. The van der Waals surface area contributed by atoms with Crippen LogP contribution in [0.1, 0.15) is 66.7 Å². The van der Waals surface area contributed by atoms with Gasteiger partial charge in [0.25, 0.3) is 0 Å². The Morgan fingerprint density at radius 1 is 1.11 bits per heavy atom. The van der Waals surface area contributed by atoms with E-state index in [4.69, 9.17) is 27.9 Å². The number of hydrogen-bond acceptors (Lipinski definition) is 5. The molecule has 0 radical (unpaired) electrons. The molecule has 37 heavy (non-hydrogen) atoms. The Labute approximate surface area is 221 Å². The Kier molecular flexibility index (Phi) is 8.14. The Balaban J connectivity index is 1.93. The van der Waals surface area contributed by atoms with Crippen LogP contribution in [0.5, 0.6) is 0 Å². The van der Waals surface area contributed by atoms with Crippen LogP contribution in [0.4, 0.5) is 18.0 Å². The molecule has 3 rings (SSSR count). The predicted molar refractivity (Wildman–Crippen MR) is 132 cm³/mol. The van der Waals surface area contributed by atoms with Gasteiger partial charge in [-0.2, -0.15) is 13.2 Å². The maximum atomic E-state index is 14.5. The number of nitro groups is 1. The quantitative estimate of drug-likeness (QED) is 0.226. The van der Waals surface area contributed by atoms with Crippen LogP contribution >= 0.6 is 23.2 Å². The third-order valence-corrected chi connectivity index (χ3v) is 6.49. The summed E-state index contributed by atoms with van der Waals surface area (Å²) in [5.41, 5.74) is -3.03. The Morgan fingerprint density at radius 3 is 2.27 bits per heavy atom. The highest BCUT2D eigenvalue weighted by Crippen LogP contribution is 2.46. The van der Waals surface area contributed by atoms with Gasteiger partial charge in [0.15, 0.2) is 11.2 Å². The number of fused-ring (bicyclic) bond motifs is 1. The number of alkyl halides is 3. The van der Waals surface area contributed by atoms with E-state index in [1.165, 1.54) is 18.2 Å². The molecule has 0 spiro atoms.